The molecule has 0 aliphatic heterocycles. The van der Waals surface area contributed by atoms with E-state index in [1.54, 1.807) is 18.2 Å². The molecular formula is C15H14BrF2N. The molecule has 1 nitrogen and oxygen atoms in total. The van der Waals surface area contributed by atoms with Crippen molar-refractivity contribution in [3.63, 3.8) is 0 Å². The number of nitrogens with one attached hydrogen (secondary N) is 1. The van der Waals surface area contributed by atoms with Crippen LogP contribution in [-0.4, -0.2) is 6.04 Å². The summed E-state index contributed by atoms with van der Waals surface area (Å²) in [7, 11) is 0. The molecule has 1 atom stereocenters. The van der Waals surface area contributed by atoms with Crippen molar-refractivity contribution in [1.29, 1.82) is 0 Å². The normalized spacial score (nSPS) is 12.2. The largest absolute Gasteiger partial charge is 0.380 e. The zero-order valence-corrected chi connectivity index (χ0v) is 12.0. The van der Waals surface area contributed by atoms with E-state index >= 15 is 0 Å². The fraction of sp³-hybridized carbons (Fsp3) is 0.200. The monoisotopic (exact) mass is 325 g/mol. The molecule has 0 saturated carbocycles. The van der Waals surface area contributed by atoms with E-state index in [1.807, 2.05) is 13.0 Å². The number of hydrogen-bond donors (Lipinski definition) is 1. The van der Waals surface area contributed by atoms with E-state index in [2.05, 4.69) is 21.2 Å². The molecule has 2 aromatic carbocycles. The maximum Gasteiger partial charge on any atom is 0.146 e. The lowest BCUT2D eigenvalue weighted by atomic mass is 10.1. The molecule has 0 aliphatic carbocycles. The first-order valence-electron chi connectivity index (χ1n) is 6.00. The Morgan fingerprint density at radius 3 is 2.68 bits per heavy atom. The average molecular weight is 326 g/mol. The lowest BCUT2D eigenvalue weighted by molar-refractivity contribution is 0.620. The van der Waals surface area contributed by atoms with Gasteiger partial charge in [-0.2, -0.15) is 0 Å². The van der Waals surface area contributed by atoms with Crippen LogP contribution in [-0.2, 0) is 6.42 Å². The minimum atomic E-state index is -0.297. The summed E-state index contributed by atoms with van der Waals surface area (Å²) in [5.41, 5.74) is 1.33. The Morgan fingerprint density at radius 2 is 1.95 bits per heavy atom. The maximum absolute atomic E-state index is 13.6. The summed E-state index contributed by atoms with van der Waals surface area (Å²) in [6.45, 7) is 1.94. The van der Waals surface area contributed by atoms with Gasteiger partial charge in [-0.1, -0.05) is 28.1 Å². The molecule has 1 unspecified atom stereocenters. The van der Waals surface area contributed by atoms with Crippen LogP contribution in [0.25, 0.3) is 0 Å². The van der Waals surface area contributed by atoms with Crippen molar-refractivity contribution in [2.24, 2.45) is 0 Å². The number of hydrogen-bond acceptors (Lipinski definition) is 1. The van der Waals surface area contributed by atoms with Gasteiger partial charge in [0.2, 0.25) is 0 Å². The minimum Gasteiger partial charge on any atom is -0.380 e. The summed E-state index contributed by atoms with van der Waals surface area (Å²) >= 11 is 3.31. The zero-order chi connectivity index (χ0) is 13.8. The third-order valence-corrected chi connectivity index (χ3v) is 3.25. The Balaban J connectivity index is 2.05. The van der Waals surface area contributed by atoms with Crippen molar-refractivity contribution in [1.82, 2.24) is 0 Å². The molecule has 0 spiro atoms. The second-order valence-corrected chi connectivity index (χ2v) is 5.42. The predicted octanol–water partition coefficient (Wildman–Crippen LogP) is 4.77. The van der Waals surface area contributed by atoms with Crippen LogP contribution >= 0.6 is 15.9 Å². The highest BCUT2D eigenvalue weighted by atomic mass is 79.9. The molecule has 1 N–H and O–H groups in total. The fourth-order valence-corrected chi connectivity index (χ4v) is 2.30. The summed E-state index contributed by atoms with van der Waals surface area (Å²) in [6.07, 6.45) is 0.629. The standard InChI is InChI=1S/C15H14BrF2N/c1-10(7-11-3-2-4-13(17)8-11)19-15-9-12(16)5-6-14(15)18/h2-6,8-10,19H,7H2,1H3. The molecule has 2 rings (SSSR count). The van der Waals surface area contributed by atoms with Crippen molar-refractivity contribution in [2.75, 3.05) is 5.32 Å². The highest BCUT2D eigenvalue weighted by molar-refractivity contribution is 9.10. The van der Waals surface area contributed by atoms with Gasteiger partial charge in [-0.25, -0.2) is 8.78 Å². The van der Waals surface area contributed by atoms with E-state index in [0.717, 1.165) is 10.0 Å². The van der Waals surface area contributed by atoms with Gasteiger partial charge in [-0.05, 0) is 49.2 Å². The van der Waals surface area contributed by atoms with Crippen LogP contribution < -0.4 is 5.32 Å². The van der Waals surface area contributed by atoms with Crippen molar-refractivity contribution in [3.05, 3.63) is 64.1 Å². The molecule has 4 heteroatoms. The average Bonchev–Trinajstić information content (AvgIpc) is 2.34. The number of rotatable bonds is 4. The van der Waals surface area contributed by atoms with Gasteiger partial charge in [0.1, 0.15) is 11.6 Å². The van der Waals surface area contributed by atoms with Crippen LogP contribution in [0.5, 0.6) is 0 Å². The van der Waals surface area contributed by atoms with E-state index in [-0.39, 0.29) is 17.7 Å². The Morgan fingerprint density at radius 1 is 1.16 bits per heavy atom. The van der Waals surface area contributed by atoms with Crippen LogP contribution in [0, 0.1) is 11.6 Å². The third-order valence-electron chi connectivity index (χ3n) is 2.76. The van der Waals surface area contributed by atoms with E-state index in [9.17, 15) is 8.78 Å². The molecule has 19 heavy (non-hydrogen) atoms. The van der Waals surface area contributed by atoms with Crippen LogP contribution in [0.15, 0.2) is 46.9 Å². The third kappa shape index (κ3) is 4.03. The fourth-order valence-electron chi connectivity index (χ4n) is 1.94. The highest BCUT2D eigenvalue weighted by Crippen LogP contribution is 2.21. The van der Waals surface area contributed by atoms with E-state index < -0.39 is 0 Å². The van der Waals surface area contributed by atoms with Crippen LogP contribution in [0.4, 0.5) is 14.5 Å². The number of benzene rings is 2. The smallest absolute Gasteiger partial charge is 0.146 e. The molecule has 0 saturated heterocycles. The first kappa shape index (κ1) is 14.0. The highest BCUT2D eigenvalue weighted by Gasteiger charge is 2.08. The second kappa shape index (κ2) is 6.15. The van der Waals surface area contributed by atoms with Gasteiger partial charge < -0.3 is 5.32 Å². The second-order valence-electron chi connectivity index (χ2n) is 4.50. The molecule has 0 heterocycles. The maximum atomic E-state index is 13.6. The minimum absolute atomic E-state index is 0.00519. The Kier molecular flexibility index (Phi) is 4.53. The molecule has 0 amide bonds. The van der Waals surface area contributed by atoms with Gasteiger partial charge in [-0.3, -0.25) is 0 Å². The van der Waals surface area contributed by atoms with Gasteiger partial charge in [0.15, 0.2) is 0 Å². The van der Waals surface area contributed by atoms with E-state index in [4.69, 9.17) is 0 Å². The van der Waals surface area contributed by atoms with Gasteiger partial charge in [0.05, 0.1) is 5.69 Å². The Labute approximate surface area is 119 Å². The first-order chi connectivity index (χ1) is 9.04. The zero-order valence-electron chi connectivity index (χ0n) is 10.5. The summed E-state index contributed by atoms with van der Waals surface area (Å²) in [5.74, 6) is -0.548. The van der Waals surface area contributed by atoms with Crippen LogP contribution in [0.3, 0.4) is 0 Å². The summed E-state index contributed by atoms with van der Waals surface area (Å²) in [4.78, 5) is 0. The number of halogens is 3. The van der Waals surface area contributed by atoms with Gasteiger partial charge >= 0.3 is 0 Å². The topological polar surface area (TPSA) is 12.0 Å². The van der Waals surface area contributed by atoms with E-state index in [0.29, 0.717) is 12.1 Å². The molecule has 0 radical (unpaired) electrons. The molecule has 0 bridgehead atoms. The van der Waals surface area contributed by atoms with Gasteiger partial charge in [-0.15, -0.1) is 0 Å². The Hall–Kier alpha value is -1.42. The van der Waals surface area contributed by atoms with E-state index in [1.165, 1.54) is 18.2 Å². The van der Waals surface area contributed by atoms with Crippen LogP contribution in [0.2, 0.25) is 0 Å². The summed E-state index contributed by atoms with van der Waals surface area (Å²) in [5, 5.41) is 3.09. The first-order valence-corrected chi connectivity index (χ1v) is 6.80. The molecule has 0 aromatic heterocycles. The quantitative estimate of drug-likeness (QED) is 0.853. The van der Waals surface area contributed by atoms with Crippen molar-refractivity contribution < 1.29 is 8.78 Å². The lowest BCUT2D eigenvalue weighted by Gasteiger charge is -2.16. The molecular weight excluding hydrogens is 312 g/mol. The van der Waals surface area contributed by atoms with Crippen molar-refractivity contribution >= 4 is 21.6 Å². The van der Waals surface area contributed by atoms with Gasteiger partial charge in [0.25, 0.3) is 0 Å². The number of anilines is 1. The molecule has 100 valence electrons. The predicted molar refractivity (Wildman–Crippen MR) is 77.3 cm³/mol. The van der Waals surface area contributed by atoms with Gasteiger partial charge in [0, 0.05) is 10.5 Å². The van der Waals surface area contributed by atoms with Crippen LogP contribution in [0.1, 0.15) is 12.5 Å². The van der Waals surface area contributed by atoms with Crippen molar-refractivity contribution in [2.45, 2.75) is 19.4 Å². The molecule has 0 aliphatic rings. The summed E-state index contributed by atoms with van der Waals surface area (Å²) < 4.78 is 27.5. The molecule has 0 fully saturated rings. The Bertz CT molecular complexity index is 572. The van der Waals surface area contributed by atoms with Crippen molar-refractivity contribution in [3.8, 4) is 0 Å². The molecule has 2 aromatic rings. The summed E-state index contributed by atoms with van der Waals surface area (Å²) in [6, 6.07) is 11.2. The SMILES string of the molecule is CC(Cc1cccc(F)c1)Nc1cc(Br)ccc1F. The lowest BCUT2D eigenvalue weighted by Crippen LogP contribution is -2.18.